The van der Waals surface area contributed by atoms with Crippen LogP contribution >= 0.6 is 0 Å². The first-order valence-electron chi connectivity index (χ1n) is 6.71. The molecule has 1 unspecified atom stereocenters. The Morgan fingerprint density at radius 1 is 1.40 bits per heavy atom. The van der Waals surface area contributed by atoms with E-state index in [1.54, 1.807) is 6.08 Å². The normalized spacial score (nSPS) is 12.4. The number of amides is 1. The summed E-state index contributed by atoms with van der Waals surface area (Å²) < 4.78 is 4.84. The van der Waals surface area contributed by atoms with Gasteiger partial charge in [0.15, 0.2) is 6.39 Å². The minimum absolute atomic E-state index is 0.0376. The zero-order valence-electron chi connectivity index (χ0n) is 11.5. The fourth-order valence-corrected chi connectivity index (χ4v) is 1.98. The molecular weight excluding hydrogens is 252 g/mol. The summed E-state index contributed by atoms with van der Waals surface area (Å²) in [5, 5.41) is 3.01. The molecule has 1 aromatic carbocycles. The fraction of sp³-hybridized carbons (Fsp3) is 0.250. The lowest BCUT2D eigenvalue weighted by Gasteiger charge is -2.17. The molecule has 0 aliphatic heterocycles. The molecule has 0 saturated carbocycles. The second-order valence-electron chi connectivity index (χ2n) is 4.51. The molecule has 1 aromatic heterocycles. The minimum Gasteiger partial charge on any atom is -0.451 e. The first-order valence-corrected chi connectivity index (χ1v) is 6.71. The molecule has 1 amide bonds. The van der Waals surface area contributed by atoms with Gasteiger partial charge in [-0.3, -0.25) is 4.79 Å². The zero-order chi connectivity index (χ0) is 14.2. The molecule has 2 aromatic rings. The lowest BCUT2D eigenvalue weighted by Crippen LogP contribution is -2.26. The molecule has 20 heavy (non-hydrogen) atoms. The first kappa shape index (κ1) is 14.1. The van der Waals surface area contributed by atoms with E-state index < -0.39 is 0 Å². The van der Waals surface area contributed by atoms with E-state index in [0.29, 0.717) is 5.69 Å². The van der Waals surface area contributed by atoms with E-state index in [-0.39, 0.29) is 11.9 Å². The summed E-state index contributed by atoms with van der Waals surface area (Å²) >= 11 is 0. The van der Waals surface area contributed by atoms with Gasteiger partial charge < -0.3 is 9.73 Å². The molecule has 1 atom stereocenters. The second-order valence-corrected chi connectivity index (χ2v) is 4.51. The Morgan fingerprint density at radius 3 is 2.85 bits per heavy atom. The molecule has 2 rings (SSSR count). The molecule has 1 heterocycles. The van der Waals surface area contributed by atoms with Gasteiger partial charge >= 0.3 is 0 Å². The van der Waals surface area contributed by atoms with Gasteiger partial charge in [-0.1, -0.05) is 43.7 Å². The quantitative estimate of drug-likeness (QED) is 0.819. The van der Waals surface area contributed by atoms with Gasteiger partial charge in [-0.25, -0.2) is 4.98 Å². The highest BCUT2D eigenvalue weighted by Gasteiger charge is 2.11. The summed E-state index contributed by atoms with van der Waals surface area (Å²) in [5.41, 5.74) is 1.75. The van der Waals surface area contributed by atoms with Crippen LogP contribution in [-0.4, -0.2) is 10.9 Å². The lowest BCUT2D eigenvalue weighted by molar-refractivity contribution is -0.117. The van der Waals surface area contributed by atoms with Gasteiger partial charge in [0.1, 0.15) is 12.0 Å². The molecule has 0 radical (unpaired) electrons. The number of hydrogen-bond donors (Lipinski definition) is 1. The van der Waals surface area contributed by atoms with E-state index in [0.717, 1.165) is 18.4 Å². The van der Waals surface area contributed by atoms with Crippen LogP contribution < -0.4 is 5.32 Å². The monoisotopic (exact) mass is 270 g/mol. The van der Waals surface area contributed by atoms with Crippen LogP contribution in [0.15, 0.2) is 53.5 Å². The molecule has 4 heteroatoms. The maximum Gasteiger partial charge on any atom is 0.244 e. The Bertz CT molecular complexity index is 547. The Morgan fingerprint density at radius 2 is 2.20 bits per heavy atom. The summed E-state index contributed by atoms with van der Waals surface area (Å²) in [4.78, 5) is 15.9. The van der Waals surface area contributed by atoms with Crippen LogP contribution in [0.1, 0.15) is 37.1 Å². The number of aromatic nitrogens is 1. The highest BCUT2D eigenvalue weighted by atomic mass is 16.3. The van der Waals surface area contributed by atoms with Gasteiger partial charge in [-0.05, 0) is 18.1 Å². The molecule has 104 valence electrons. The van der Waals surface area contributed by atoms with Crippen LogP contribution in [0.5, 0.6) is 0 Å². The second kappa shape index (κ2) is 7.28. The van der Waals surface area contributed by atoms with Gasteiger partial charge in [-0.15, -0.1) is 0 Å². The third-order valence-corrected chi connectivity index (χ3v) is 2.95. The van der Waals surface area contributed by atoms with Crippen molar-refractivity contribution in [1.82, 2.24) is 10.3 Å². The first-order chi connectivity index (χ1) is 9.79. The van der Waals surface area contributed by atoms with E-state index >= 15 is 0 Å². The van der Waals surface area contributed by atoms with Crippen molar-refractivity contribution in [2.24, 2.45) is 0 Å². The predicted molar refractivity (Wildman–Crippen MR) is 77.8 cm³/mol. The maximum absolute atomic E-state index is 11.9. The highest BCUT2D eigenvalue weighted by molar-refractivity contribution is 5.91. The molecule has 0 saturated heterocycles. The Hall–Kier alpha value is -2.36. The van der Waals surface area contributed by atoms with Crippen molar-refractivity contribution < 1.29 is 9.21 Å². The number of hydrogen-bond acceptors (Lipinski definition) is 3. The van der Waals surface area contributed by atoms with Crippen LogP contribution in [0.3, 0.4) is 0 Å². The zero-order valence-corrected chi connectivity index (χ0v) is 11.5. The molecular formula is C16H18N2O2. The maximum atomic E-state index is 11.9. The largest absolute Gasteiger partial charge is 0.451 e. The van der Waals surface area contributed by atoms with Gasteiger partial charge in [0, 0.05) is 6.08 Å². The van der Waals surface area contributed by atoms with Gasteiger partial charge in [0.2, 0.25) is 5.91 Å². The minimum atomic E-state index is -0.129. The molecule has 0 spiro atoms. The van der Waals surface area contributed by atoms with Gasteiger partial charge in [0.25, 0.3) is 0 Å². The molecule has 0 aliphatic rings. The van der Waals surface area contributed by atoms with Gasteiger partial charge in [-0.2, -0.15) is 0 Å². The standard InChI is InChI=1S/C16H18N2O2/c1-2-6-15(13-7-4-3-5-8-13)18-16(19)10-9-14-11-20-12-17-14/h3-5,7-12,15H,2,6H2,1H3,(H,18,19)/b10-9+. The van der Waals surface area contributed by atoms with Crippen LogP contribution in [-0.2, 0) is 4.79 Å². The smallest absolute Gasteiger partial charge is 0.244 e. The lowest BCUT2D eigenvalue weighted by atomic mass is 10.0. The molecule has 0 bridgehead atoms. The summed E-state index contributed by atoms with van der Waals surface area (Å²) in [6.45, 7) is 2.10. The number of carbonyl (C=O) groups excluding carboxylic acids is 1. The van der Waals surface area contributed by atoms with Crippen molar-refractivity contribution in [2.45, 2.75) is 25.8 Å². The number of benzene rings is 1. The summed E-state index contributed by atoms with van der Waals surface area (Å²) in [5.74, 6) is -0.129. The van der Waals surface area contributed by atoms with E-state index in [1.165, 1.54) is 18.7 Å². The predicted octanol–water partition coefficient (Wildman–Crippen LogP) is 3.35. The van der Waals surface area contributed by atoms with Crippen LogP contribution in [0.4, 0.5) is 0 Å². The molecule has 0 aliphatic carbocycles. The van der Waals surface area contributed by atoms with Crippen LogP contribution in [0, 0.1) is 0 Å². The van der Waals surface area contributed by atoms with E-state index in [2.05, 4.69) is 17.2 Å². The SMILES string of the molecule is CCCC(NC(=O)/C=C/c1cocn1)c1ccccc1. The number of carbonyl (C=O) groups is 1. The van der Waals surface area contributed by atoms with Crippen molar-refractivity contribution in [3.8, 4) is 0 Å². The van der Waals surface area contributed by atoms with Crippen molar-refractivity contribution in [1.29, 1.82) is 0 Å². The highest BCUT2D eigenvalue weighted by Crippen LogP contribution is 2.17. The number of oxazole rings is 1. The summed E-state index contributed by atoms with van der Waals surface area (Å²) in [7, 11) is 0. The Kier molecular flexibility index (Phi) is 5.12. The van der Waals surface area contributed by atoms with Crippen LogP contribution in [0.2, 0.25) is 0 Å². The summed E-state index contributed by atoms with van der Waals surface area (Å²) in [6, 6.07) is 10.0. The van der Waals surface area contributed by atoms with Crippen molar-refractivity contribution in [3.63, 3.8) is 0 Å². The third-order valence-electron chi connectivity index (χ3n) is 2.95. The van der Waals surface area contributed by atoms with Gasteiger partial charge in [0.05, 0.1) is 6.04 Å². The molecule has 1 N–H and O–H groups in total. The Balaban J connectivity index is 1.99. The number of nitrogens with zero attached hydrogens (tertiary/aromatic N) is 1. The van der Waals surface area contributed by atoms with E-state index in [4.69, 9.17) is 4.42 Å². The van der Waals surface area contributed by atoms with Crippen molar-refractivity contribution in [3.05, 3.63) is 60.3 Å². The fourth-order valence-electron chi connectivity index (χ4n) is 1.98. The number of nitrogens with one attached hydrogen (secondary N) is 1. The summed E-state index contributed by atoms with van der Waals surface area (Å²) in [6.07, 6.45) is 7.85. The van der Waals surface area contributed by atoms with Crippen molar-refractivity contribution >= 4 is 12.0 Å². The van der Waals surface area contributed by atoms with E-state index in [9.17, 15) is 4.79 Å². The Labute approximate surface area is 118 Å². The topological polar surface area (TPSA) is 55.1 Å². The van der Waals surface area contributed by atoms with Crippen molar-refractivity contribution in [2.75, 3.05) is 0 Å². The van der Waals surface area contributed by atoms with Crippen LogP contribution in [0.25, 0.3) is 6.08 Å². The molecule has 0 fully saturated rings. The third kappa shape index (κ3) is 4.09. The molecule has 4 nitrogen and oxygen atoms in total. The average Bonchev–Trinajstić information content (AvgIpc) is 2.99. The number of rotatable bonds is 6. The average molecular weight is 270 g/mol. The van der Waals surface area contributed by atoms with E-state index in [1.807, 2.05) is 30.3 Å².